The Labute approximate surface area is 110 Å². The zero-order valence-corrected chi connectivity index (χ0v) is 11.7. The molecule has 1 rings (SSSR count). The molecule has 0 fully saturated rings. The molecule has 0 bridgehead atoms. The summed E-state index contributed by atoms with van der Waals surface area (Å²) in [6.07, 6.45) is -3.47. The first-order valence-electron chi connectivity index (χ1n) is 5.64. The number of halogens is 3. The molecule has 0 aliphatic carbocycles. The number of benzene rings is 1. The molecule has 1 N–H and O–H groups in total. The van der Waals surface area contributed by atoms with E-state index in [4.69, 9.17) is 0 Å². The van der Waals surface area contributed by atoms with E-state index in [1.807, 2.05) is 0 Å². The van der Waals surface area contributed by atoms with Gasteiger partial charge in [0.05, 0.1) is 4.90 Å². The second-order valence-electron chi connectivity index (χ2n) is 4.45. The van der Waals surface area contributed by atoms with Gasteiger partial charge in [-0.25, -0.2) is 8.42 Å². The predicted molar refractivity (Wildman–Crippen MR) is 66.6 cm³/mol. The monoisotopic (exact) mass is 295 g/mol. The van der Waals surface area contributed by atoms with Crippen molar-refractivity contribution >= 4 is 9.84 Å². The van der Waals surface area contributed by atoms with Gasteiger partial charge in [0.25, 0.3) is 0 Å². The molecule has 0 aromatic heterocycles. The lowest BCUT2D eigenvalue weighted by molar-refractivity contribution is -0.195. The third-order valence-corrected chi connectivity index (χ3v) is 4.09. The van der Waals surface area contributed by atoms with Gasteiger partial charge in [-0.05, 0) is 31.2 Å². The summed E-state index contributed by atoms with van der Waals surface area (Å²) in [5.41, 5.74) is -2.22. The molecule has 0 aliphatic heterocycles. The van der Waals surface area contributed by atoms with Crippen molar-refractivity contribution in [3.63, 3.8) is 0 Å². The molecule has 1 aromatic rings. The summed E-state index contributed by atoms with van der Waals surface area (Å²) < 4.78 is 61.9. The fourth-order valence-corrected chi connectivity index (χ4v) is 2.39. The maximum absolute atomic E-state index is 13.1. The van der Waals surface area contributed by atoms with Crippen LogP contribution >= 0.6 is 0 Å². The maximum Gasteiger partial charge on any atom is 0.410 e. The van der Waals surface area contributed by atoms with E-state index >= 15 is 0 Å². The van der Waals surface area contributed by atoms with Gasteiger partial charge >= 0.3 is 6.18 Å². The van der Waals surface area contributed by atoms with Crippen LogP contribution in [0.25, 0.3) is 0 Å². The minimum absolute atomic E-state index is 0.00253. The van der Waals surface area contributed by atoms with E-state index in [9.17, 15) is 21.6 Å². The lowest BCUT2D eigenvalue weighted by Crippen LogP contribution is -2.51. The summed E-state index contributed by atoms with van der Waals surface area (Å²) in [6.45, 7) is 2.75. The first-order valence-corrected chi connectivity index (χ1v) is 7.54. The normalized spacial score (nSPS) is 16.1. The molecule has 19 heavy (non-hydrogen) atoms. The molecular weight excluding hydrogens is 279 g/mol. The van der Waals surface area contributed by atoms with Crippen molar-refractivity contribution < 1.29 is 21.6 Å². The van der Waals surface area contributed by atoms with Crippen molar-refractivity contribution in [2.45, 2.75) is 30.5 Å². The average molecular weight is 295 g/mol. The minimum Gasteiger partial charge on any atom is -0.300 e. The Morgan fingerprint density at radius 3 is 1.95 bits per heavy atom. The standard InChI is InChI=1S/C12H16F3NO2S/c1-4-16-11(2,12(13,14)15)9-5-7-10(8-6-9)19(3,17)18/h5-8,16H,4H2,1-3H3. The van der Waals surface area contributed by atoms with Crippen LogP contribution in [0.4, 0.5) is 13.2 Å². The summed E-state index contributed by atoms with van der Waals surface area (Å²) in [6, 6.07) is 4.75. The SMILES string of the molecule is CCNC(C)(c1ccc(S(C)(=O)=O)cc1)C(F)(F)F. The van der Waals surface area contributed by atoms with Crippen LogP contribution in [0.15, 0.2) is 29.2 Å². The molecule has 7 heteroatoms. The van der Waals surface area contributed by atoms with Crippen LogP contribution in [0, 0.1) is 0 Å². The topological polar surface area (TPSA) is 46.2 Å². The van der Waals surface area contributed by atoms with E-state index < -0.39 is 21.6 Å². The Bertz CT molecular complexity index is 537. The molecule has 0 saturated carbocycles. The summed E-state index contributed by atoms with van der Waals surface area (Å²) in [7, 11) is -3.41. The molecule has 0 saturated heterocycles. The second kappa shape index (κ2) is 5.13. The highest BCUT2D eigenvalue weighted by molar-refractivity contribution is 7.90. The molecule has 0 aliphatic rings. The zero-order valence-electron chi connectivity index (χ0n) is 10.9. The lowest BCUT2D eigenvalue weighted by Gasteiger charge is -2.33. The maximum atomic E-state index is 13.1. The Hall–Kier alpha value is -1.08. The van der Waals surface area contributed by atoms with Crippen LogP contribution in [0.3, 0.4) is 0 Å². The van der Waals surface area contributed by atoms with Crippen molar-refractivity contribution in [1.29, 1.82) is 0 Å². The summed E-state index contributed by atoms with van der Waals surface area (Å²) >= 11 is 0. The van der Waals surface area contributed by atoms with Crippen molar-refractivity contribution in [3.05, 3.63) is 29.8 Å². The fourth-order valence-electron chi connectivity index (χ4n) is 1.75. The number of rotatable bonds is 4. The highest BCUT2D eigenvalue weighted by Gasteiger charge is 2.51. The van der Waals surface area contributed by atoms with Crippen LogP contribution in [0.5, 0.6) is 0 Å². The molecule has 1 unspecified atom stereocenters. The molecule has 0 radical (unpaired) electrons. The van der Waals surface area contributed by atoms with E-state index in [2.05, 4.69) is 5.32 Å². The van der Waals surface area contributed by atoms with Crippen LogP contribution in [0.2, 0.25) is 0 Å². The van der Waals surface area contributed by atoms with Crippen molar-refractivity contribution in [3.8, 4) is 0 Å². The van der Waals surface area contributed by atoms with E-state index in [0.29, 0.717) is 0 Å². The largest absolute Gasteiger partial charge is 0.410 e. The van der Waals surface area contributed by atoms with Crippen LogP contribution < -0.4 is 5.32 Å². The van der Waals surface area contributed by atoms with Crippen molar-refractivity contribution in [2.75, 3.05) is 12.8 Å². The molecular formula is C12H16F3NO2S. The Morgan fingerprint density at radius 1 is 1.16 bits per heavy atom. The quantitative estimate of drug-likeness (QED) is 0.928. The van der Waals surface area contributed by atoms with Crippen molar-refractivity contribution in [2.24, 2.45) is 0 Å². The molecule has 1 aromatic carbocycles. The molecule has 3 nitrogen and oxygen atoms in total. The number of nitrogens with one attached hydrogen (secondary N) is 1. The van der Waals surface area contributed by atoms with Gasteiger partial charge in [-0.2, -0.15) is 13.2 Å². The van der Waals surface area contributed by atoms with Crippen LogP contribution in [-0.4, -0.2) is 27.4 Å². The van der Waals surface area contributed by atoms with Gasteiger partial charge in [-0.3, -0.25) is 0 Å². The average Bonchev–Trinajstić information content (AvgIpc) is 2.27. The summed E-state index contributed by atoms with van der Waals surface area (Å²) in [5.74, 6) is 0. The van der Waals surface area contributed by atoms with Crippen LogP contribution in [0.1, 0.15) is 19.4 Å². The van der Waals surface area contributed by atoms with E-state index in [-0.39, 0.29) is 17.0 Å². The fraction of sp³-hybridized carbons (Fsp3) is 0.500. The van der Waals surface area contributed by atoms with Gasteiger partial charge in [0.2, 0.25) is 0 Å². The number of sulfone groups is 1. The van der Waals surface area contributed by atoms with Crippen LogP contribution in [-0.2, 0) is 15.4 Å². The van der Waals surface area contributed by atoms with E-state index in [1.54, 1.807) is 6.92 Å². The molecule has 0 amide bonds. The smallest absolute Gasteiger partial charge is 0.300 e. The Morgan fingerprint density at radius 2 is 1.63 bits per heavy atom. The number of hydrogen-bond donors (Lipinski definition) is 1. The molecule has 108 valence electrons. The van der Waals surface area contributed by atoms with Gasteiger partial charge in [0.15, 0.2) is 9.84 Å². The van der Waals surface area contributed by atoms with Crippen molar-refractivity contribution in [1.82, 2.24) is 5.32 Å². The summed E-state index contributed by atoms with van der Waals surface area (Å²) in [5, 5.41) is 2.40. The third-order valence-electron chi connectivity index (χ3n) is 2.96. The molecule has 0 heterocycles. The first kappa shape index (κ1) is 16.0. The van der Waals surface area contributed by atoms with Gasteiger partial charge in [-0.1, -0.05) is 19.1 Å². The highest BCUT2D eigenvalue weighted by Crippen LogP contribution is 2.38. The third kappa shape index (κ3) is 3.27. The number of hydrogen-bond acceptors (Lipinski definition) is 3. The van der Waals surface area contributed by atoms with E-state index in [0.717, 1.165) is 13.2 Å². The number of alkyl halides is 3. The Kier molecular flexibility index (Phi) is 4.31. The minimum atomic E-state index is -4.48. The van der Waals surface area contributed by atoms with Gasteiger partial charge in [0.1, 0.15) is 5.54 Å². The second-order valence-corrected chi connectivity index (χ2v) is 6.47. The molecule has 0 spiro atoms. The summed E-state index contributed by atoms with van der Waals surface area (Å²) in [4.78, 5) is -0.00253. The Balaban J connectivity index is 3.27. The molecule has 1 atom stereocenters. The van der Waals surface area contributed by atoms with Gasteiger partial charge in [0, 0.05) is 6.26 Å². The first-order chi connectivity index (χ1) is 8.52. The van der Waals surface area contributed by atoms with E-state index in [1.165, 1.54) is 24.3 Å². The highest BCUT2D eigenvalue weighted by atomic mass is 32.2. The zero-order chi connectivity index (χ0) is 14.9. The van der Waals surface area contributed by atoms with Gasteiger partial charge in [-0.15, -0.1) is 0 Å². The predicted octanol–water partition coefficient (Wildman–Crippen LogP) is 2.48. The lowest BCUT2D eigenvalue weighted by atomic mass is 9.91. The van der Waals surface area contributed by atoms with Gasteiger partial charge < -0.3 is 5.32 Å².